The fourth-order valence-electron chi connectivity index (χ4n) is 4.04. The number of carbonyl (C=O) groups excluding carboxylic acids is 3. The first-order valence-corrected chi connectivity index (χ1v) is 10.4. The van der Waals surface area contributed by atoms with E-state index in [0.717, 1.165) is 38.9 Å². The zero-order valence-electron chi connectivity index (χ0n) is 18.1. The molecule has 1 aliphatic rings. The van der Waals surface area contributed by atoms with E-state index in [1.165, 1.54) is 0 Å². The number of rotatable bonds is 4. The summed E-state index contributed by atoms with van der Waals surface area (Å²) in [6.07, 6.45) is 4.49. The minimum atomic E-state index is -0.737. The number of anilines is 1. The van der Waals surface area contributed by atoms with Crippen LogP contribution in [0.25, 0.3) is 17.0 Å². The molecule has 3 aromatic rings. The Bertz CT molecular complexity index is 1230. The van der Waals surface area contributed by atoms with Crippen molar-refractivity contribution in [3.63, 3.8) is 0 Å². The normalized spacial score (nSPS) is 16.8. The molecular weight excluding hydrogens is 390 g/mol. The molecule has 4 rings (SSSR count). The summed E-state index contributed by atoms with van der Waals surface area (Å²) in [6, 6.07) is 12.9. The lowest BCUT2D eigenvalue weighted by atomic mass is 10.0. The van der Waals surface area contributed by atoms with Gasteiger partial charge in [0.05, 0.1) is 5.69 Å². The molecule has 4 amide bonds. The van der Waals surface area contributed by atoms with Crippen LogP contribution >= 0.6 is 0 Å². The fourth-order valence-corrected chi connectivity index (χ4v) is 4.04. The summed E-state index contributed by atoms with van der Waals surface area (Å²) in [6.45, 7) is 8.04. The highest BCUT2D eigenvalue weighted by molar-refractivity contribution is 6.39. The van der Waals surface area contributed by atoms with E-state index in [1.54, 1.807) is 18.2 Å². The number of amides is 4. The number of imide groups is 2. The molecule has 6 heteroatoms. The first kappa shape index (κ1) is 20.6. The van der Waals surface area contributed by atoms with E-state index in [2.05, 4.69) is 23.7 Å². The van der Waals surface area contributed by atoms with Gasteiger partial charge in [0, 0.05) is 28.7 Å². The number of carbonyl (C=O) groups is 3. The Balaban J connectivity index is 1.83. The number of nitrogens with zero attached hydrogens (tertiary/aromatic N) is 2. The van der Waals surface area contributed by atoms with Gasteiger partial charge in [-0.3, -0.25) is 14.9 Å². The van der Waals surface area contributed by atoms with E-state index in [9.17, 15) is 14.4 Å². The number of para-hydroxylation sites is 1. The Morgan fingerprint density at radius 1 is 1.03 bits per heavy atom. The largest absolute Gasteiger partial charge is 0.344 e. The van der Waals surface area contributed by atoms with E-state index in [1.807, 2.05) is 50.4 Å². The molecule has 158 valence electrons. The first-order chi connectivity index (χ1) is 14.8. The highest BCUT2D eigenvalue weighted by Crippen LogP contribution is 2.29. The second-order valence-electron chi connectivity index (χ2n) is 8.07. The van der Waals surface area contributed by atoms with Gasteiger partial charge in [-0.05, 0) is 62.6 Å². The molecule has 0 unspecified atom stereocenters. The zero-order valence-corrected chi connectivity index (χ0v) is 18.1. The lowest BCUT2D eigenvalue weighted by Crippen LogP contribution is -2.54. The zero-order chi connectivity index (χ0) is 22.3. The number of urea groups is 1. The molecule has 0 aliphatic carbocycles. The number of aromatic nitrogens is 1. The van der Waals surface area contributed by atoms with Crippen molar-refractivity contribution in [2.45, 2.75) is 40.2 Å². The lowest BCUT2D eigenvalue weighted by Gasteiger charge is -2.27. The predicted octanol–water partition coefficient (Wildman–Crippen LogP) is 4.90. The van der Waals surface area contributed by atoms with Crippen molar-refractivity contribution in [2.24, 2.45) is 0 Å². The standard InChI is InChI=1S/C25H25N3O3/c1-5-17(4)27-14-18(20-8-6-7-9-22(20)27)13-21-23(29)26-25(31)28(24(21)30)19-11-15(2)10-16(3)12-19/h6-14,17H,5H2,1-4H3,(H,26,29,31)/b21-13+/t17-/m1/s1. The Hall–Kier alpha value is -3.67. The molecule has 1 N–H and O–H groups in total. The minimum Gasteiger partial charge on any atom is -0.344 e. The van der Waals surface area contributed by atoms with Gasteiger partial charge >= 0.3 is 6.03 Å². The van der Waals surface area contributed by atoms with Gasteiger partial charge in [0.1, 0.15) is 5.57 Å². The van der Waals surface area contributed by atoms with Gasteiger partial charge in [-0.1, -0.05) is 31.2 Å². The van der Waals surface area contributed by atoms with Gasteiger partial charge in [0.25, 0.3) is 11.8 Å². The molecule has 0 spiro atoms. The van der Waals surface area contributed by atoms with Crippen molar-refractivity contribution < 1.29 is 14.4 Å². The van der Waals surface area contributed by atoms with Gasteiger partial charge in [0.15, 0.2) is 0 Å². The number of fused-ring (bicyclic) bond motifs is 1. The molecule has 6 nitrogen and oxygen atoms in total. The number of hydrogen-bond acceptors (Lipinski definition) is 3. The fraction of sp³-hybridized carbons (Fsp3) is 0.240. The van der Waals surface area contributed by atoms with Crippen molar-refractivity contribution in [3.8, 4) is 0 Å². The smallest absolute Gasteiger partial charge is 0.335 e. The highest BCUT2D eigenvalue weighted by Gasteiger charge is 2.37. The molecule has 2 aromatic carbocycles. The summed E-state index contributed by atoms with van der Waals surface area (Å²) in [7, 11) is 0. The number of hydrogen-bond donors (Lipinski definition) is 1. The summed E-state index contributed by atoms with van der Waals surface area (Å²) in [5.74, 6) is -1.31. The quantitative estimate of drug-likeness (QED) is 0.487. The van der Waals surface area contributed by atoms with E-state index in [0.29, 0.717) is 5.69 Å². The third kappa shape index (κ3) is 3.65. The van der Waals surface area contributed by atoms with Crippen molar-refractivity contribution >= 4 is 40.5 Å². The van der Waals surface area contributed by atoms with Gasteiger partial charge in [-0.25, -0.2) is 9.69 Å². The molecular formula is C25H25N3O3. The Morgan fingerprint density at radius 3 is 2.39 bits per heavy atom. The van der Waals surface area contributed by atoms with Gasteiger partial charge < -0.3 is 4.57 Å². The maximum atomic E-state index is 13.3. The van der Waals surface area contributed by atoms with Crippen LogP contribution in [0.2, 0.25) is 0 Å². The van der Waals surface area contributed by atoms with Crippen molar-refractivity contribution in [1.29, 1.82) is 0 Å². The summed E-state index contributed by atoms with van der Waals surface area (Å²) in [4.78, 5) is 39.4. The summed E-state index contributed by atoms with van der Waals surface area (Å²) < 4.78 is 2.15. The van der Waals surface area contributed by atoms with Crippen LogP contribution in [-0.2, 0) is 9.59 Å². The van der Waals surface area contributed by atoms with E-state index < -0.39 is 17.8 Å². The third-order valence-electron chi connectivity index (χ3n) is 5.70. The molecule has 1 fully saturated rings. The van der Waals surface area contributed by atoms with Crippen LogP contribution in [0.3, 0.4) is 0 Å². The SMILES string of the molecule is CC[C@@H](C)n1cc(/C=C2\C(=O)NC(=O)N(c3cc(C)cc(C)c3)C2=O)c2ccccc21. The first-order valence-electron chi connectivity index (χ1n) is 10.4. The lowest BCUT2D eigenvalue weighted by molar-refractivity contribution is -0.122. The van der Waals surface area contributed by atoms with E-state index in [4.69, 9.17) is 0 Å². The van der Waals surface area contributed by atoms with Crippen LogP contribution in [0.1, 0.15) is 43.0 Å². The summed E-state index contributed by atoms with van der Waals surface area (Å²) in [5.41, 5.74) is 4.04. The van der Waals surface area contributed by atoms with Crippen LogP contribution in [0, 0.1) is 13.8 Å². The Labute approximate surface area is 181 Å². The predicted molar refractivity (Wildman–Crippen MR) is 122 cm³/mol. The highest BCUT2D eigenvalue weighted by atomic mass is 16.2. The average molecular weight is 415 g/mol. The van der Waals surface area contributed by atoms with Crippen LogP contribution in [0.15, 0.2) is 54.2 Å². The monoisotopic (exact) mass is 415 g/mol. The average Bonchev–Trinajstić information content (AvgIpc) is 3.08. The molecule has 1 aromatic heterocycles. The van der Waals surface area contributed by atoms with Gasteiger partial charge in [-0.2, -0.15) is 0 Å². The minimum absolute atomic E-state index is 0.0641. The van der Waals surface area contributed by atoms with Crippen molar-refractivity contribution in [3.05, 3.63) is 70.9 Å². The molecule has 2 heterocycles. The van der Waals surface area contributed by atoms with Crippen molar-refractivity contribution in [2.75, 3.05) is 4.90 Å². The number of benzene rings is 2. The molecule has 1 saturated heterocycles. The maximum absolute atomic E-state index is 13.3. The molecule has 31 heavy (non-hydrogen) atoms. The Kier molecular flexibility index (Phi) is 5.23. The van der Waals surface area contributed by atoms with Crippen molar-refractivity contribution in [1.82, 2.24) is 9.88 Å². The second-order valence-corrected chi connectivity index (χ2v) is 8.07. The maximum Gasteiger partial charge on any atom is 0.335 e. The number of nitrogens with one attached hydrogen (secondary N) is 1. The second kappa shape index (κ2) is 7.87. The molecule has 0 bridgehead atoms. The van der Waals surface area contributed by atoms with Crippen LogP contribution < -0.4 is 10.2 Å². The summed E-state index contributed by atoms with van der Waals surface area (Å²) in [5, 5.41) is 3.26. The molecule has 1 atom stereocenters. The van der Waals surface area contributed by atoms with Crippen LogP contribution in [0.4, 0.5) is 10.5 Å². The molecule has 0 saturated carbocycles. The van der Waals surface area contributed by atoms with Crippen LogP contribution in [-0.4, -0.2) is 22.4 Å². The van der Waals surface area contributed by atoms with Gasteiger partial charge in [-0.15, -0.1) is 0 Å². The third-order valence-corrected chi connectivity index (χ3v) is 5.70. The van der Waals surface area contributed by atoms with E-state index >= 15 is 0 Å². The topological polar surface area (TPSA) is 71.4 Å². The number of aryl methyl sites for hydroxylation is 2. The van der Waals surface area contributed by atoms with E-state index in [-0.39, 0.29) is 11.6 Å². The van der Waals surface area contributed by atoms with Crippen LogP contribution in [0.5, 0.6) is 0 Å². The Morgan fingerprint density at radius 2 is 1.71 bits per heavy atom. The van der Waals surface area contributed by atoms with Gasteiger partial charge in [0.2, 0.25) is 0 Å². The molecule has 1 aliphatic heterocycles. The number of barbiturate groups is 1. The summed E-state index contributed by atoms with van der Waals surface area (Å²) >= 11 is 0. The molecule has 0 radical (unpaired) electrons.